The SMILES string of the molecule is CO[C@@H](C)c1cccc(NCc2noc(C(C)(C)C)n2)c1. The number of rotatable bonds is 5. The lowest BCUT2D eigenvalue weighted by molar-refractivity contribution is 0.119. The summed E-state index contributed by atoms with van der Waals surface area (Å²) in [5.74, 6) is 1.31. The molecule has 1 atom stereocenters. The molecular weight excluding hydrogens is 266 g/mol. The maximum absolute atomic E-state index is 5.33. The molecule has 1 heterocycles. The first-order valence-electron chi connectivity index (χ1n) is 7.10. The number of ether oxygens (including phenoxy) is 1. The number of aromatic nitrogens is 2. The van der Waals surface area contributed by atoms with Gasteiger partial charge in [-0.15, -0.1) is 0 Å². The van der Waals surface area contributed by atoms with Gasteiger partial charge in [-0.25, -0.2) is 0 Å². The molecule has 1 aromatic carbocycles. The van der Waals surface area contributed by atoms with Gasteiger partial charge < -0.3 is 14.6 Å². The van der Waals surface area contributed by atoms with Gasteiger partial charge in [-0.2, -0.15) is 4.98 Å². The van der Waals surface area contributed by atoms with Crippen LogP contribution in [0.3, 0.4) is 0 Å². The number of hydrogen-bond donors (Lipinski definition) is 1. The molecule has 0 saturated carbocycles. The van der Waals surface area contributed by atoms with E-state index in [0.29, 0.717) is 18.3 Å². The summed E-state index contributed by atoms with van der Waals surface area (Å²) in [6.07, 6.45) is 0.0735. The van der Waals surface area contributed by atoms with Gasteiger partial charge in [0, 0.05) is 18.2 Å². The molecule has 0 aliphatic rings. The van der Waals surface area contributed by atoms with Crippen molar-refractivity contribution in [2.24, 2.45) is 0 Å². The van der Waals surface area contributed by atoms with Crippen LogP contribution in [0.4, 0.5) is 5.69 Å². The topological polar surface area (TPSA) is 60.2 Å². The number of hydrogen-bond acceptors (Lipinski definition) is 5. The first-order chi connectivity index (χ1) is 9.90. The molecule has 1 aromatic heterocycles. The van der Waals surface area contributed by atoms with Gasteiger partial charge in [0.15, 0.2) is 5.82 Å². The van der Waals surface area contributed by atoms with E-state index in [1.807, 2.05) is 45.9 Å². The smallest absolute Gasteiger partial charge is 0.232 e. The highest BCUT2D eigenvalue weighted by atomic mass is 16.5. The average molecular weight is 289 g/mol. The largest absolute Gasteiger partial charge is 0.378 e. The molecule has 0 spiro atoms. The maximum atomic E-state index is 5.33. The van der Waals surface area contributed by atoms with Crippen molar-refractivity contribution in [2.75, 3.05) is 12.4 Å². The summed E-state index contributed by atoms with van der Waals surface area (Å²) in [4.78, 5) is 4.41. The summed E-state index contributed by atoms with van der Waals surface area (Å²) in [5.41, 5.74) is 2.02. The molecule has 114 valence electrons. The number of methoxy groups -OCH3 is 1. The van der Waals surface area contributed by atoms with E-state index < -0.39 is 0 Å². The Labute approximate surface area is 125 Å². The minimum Gasteiger partial charge on any atom is -0.378 e. The molecule has 5 heteroatoms. The first kappa shape index (κ1) is 15.5. The van der Waals surface area contributed by atoms with Crippen LogP contribution in [-0.2, 0) is 16.7 Å². The Morgan fingerprint density at radius 3 is 2.71 bits per heavy atom. The number of nitrogens with zero attached hydrogens (tertiary/aromatic N) is 2. The van der Waals surface area contributed by atoms with Crippen LogP contribution in [0.25, 0.3) is 0 Å². The van der Waals surface area contributed by atoms with Crippen molar-refractivity contribution in [3.05, 3.63) is 41.5 Å². The molecule has 0 radical (unpaired) electrons. The van der Waals surface area contributed by atoms with Crippen LogP contribution in [0.5, 0.6) is 0 Å². The molecule has 5 nitrogen and oxygen atoms in total. The van der Waals surface area contributed by atoms with Crippen molar-refractivity contribution in [1.82, 2.24) is 10.1 Å². The van der Waals surface area contributed by atoms with Crippen molar-refractivity contribution >= 4 is 5.69 Å². The second-order valence-electron chi connectivity index (χ2n) is 6.12. The highest BCUT2D eigenvalue weighted by Gasteiger charge is 2.21. The second kappa shape index (κ2) is 6.26. The monoisotopic (exact) mass is 289 g/mol. The van der Waals surface area contributed by atoms with E-state index in [1.165, 1.54) is 0 Å². The average Bonchev–Trinajstić information content (AvgIpc) is 2.93. The summed E-state index contributed by atoms with van der Waals surface area (Å²) >= 11 is 0. The van der Waals surface area contributed by atoms with Crippen LogP contribution in [0.15, 0.2) is 28.8 Å². The van der Waals surface area contributed by atoms with E-state index in [2.05, 4.69) is 21.5 Å². The molecule has 2 rings (SSSR count). The third-order valence-electron chi connectivity index (χ3n) is 3.27. The van der Waals surface area contributed by atoms with Gasteiger partial charge in [0.25, 0.3) is 0 Å². The minimum absolute atomic E-state index is 0.0735. The Hall–Kier alpha value is -1.88. The summed E-state index contributed by atoms with van der Waals surface area (Å²) in [6.45, 7) is 8.70. The van der Waals surface area contributed by atoms with E-state index >= 15 is 0 Å². The quantitative estimate of drug-likeness (QED) is 0.909. The molecule has 1 N–H and O–H groups in total. The number of anilines is 1. The minimum atomic E-state index is -0.126. The van der Waals surface area contributed by atoms with Gasteiger partial charge in [0.1, 0.15) is 0 Å². The maximum Gasteiger partial charge on any atom is 0.232 e. The second-order valence-corrected chi connectivity index (χ2v) is 6.12. The van der Waals surface area contributed by atoms with E-state index in [9.17, 15) is 0 Å². The lowest BCUT2D eigenvalue weighted by Gasteiger charge is -2.12. The Bertz CT molecular complexity index is 587. The zero-order valence-corrected chi connectivity index (χ0v) is 13.3. The predicted octanol–water partition coefficient (Wildman–Crippen LogP) is 3.69. The molecule has 0 amide bonds. The van der Waals surface area contributed by atoms with Gasteiger partial charge in [-0.3, -0.25) is 0 Å². The third-order valence-corrected chi connectivity index (χ3v) is 3.27. The molecule has 2 aromatic rings. The number of nitrogens with one attached hydrogen (secondary N) is 1. The van der Waals surface area contributed by atoms with Crippen LogP contribution < -0.4 is 5.32 Å². The first-order valence-corrected chi connectivity index (χ1v) is 7.10. The van der Waals surface area contributed by atoms with Gasteiger partial charge in [0.05, 0.1) is 12.6 Å². The van der Waals surface area contributed by atoms with Crippen molar-refractivity contribution in [3.8, 4) is 0 Å². The molecule has 0 saturated heterocycles. The zero-order valence-electron chi connectivity index (χ0n) is 13.3. The van der Waals surface area contributed by atoms with Crippen LogP contribution in [0, 0.1) is 0 Å². The van der Waals surface area contributed by atoms with E-state index in [-0.39, 0.29) is 11.5 Å². The van der Waals surface area contributed by atoms with E-state index in [1.54, 1.807) is 7.11 Å². The normalized spacial score (nSPS) is 13.2. The fraction of sp³-hybridized carbons (Fsp3) is 0.500. The highest BCUT2D eigenvalue weighted by molar-refractivity contribution is 5.46. The van der Waals surface area contributed by atoms with Gasteiger partial charge >= 0.3 is 0 Å². The van der Waals surface area contributed by atoms with Gasteiger partial charge in [-0.05, 0) is 24.6 Å². The molecule has 0 unspecified atom stereocenters. The van der Waals surface area contributed by atoms with Crippen LogP contribution in [-0.4, -0.2) is 17.3 Å². The fourth-order valence-electron chi connectivity index (χ4n) is 1.85. The third kappa shape index (κ3) is 4.04. The lowest BCUT2D eigenvalue weighted by Crippen LogP contribution is -2.12. The summed E-state index contributed by atoms with van der Waals surface area (Å²) in [5, 5.41) is 7.30. The standard InChI is InChI=1S/C16H23N3O2/c1-11(20-5)12-7-6-8-13(9-12)17-10-14-18-15(21-19-14)16(2,3)4/h6-9,11,17H,10H2,1-5H3/t11-/m0/s1. The highest BCUT2D eigenvalue weighted by Crippen LogP contribution is 2.21. The molecular formula is C16H23N3O2. The molecule has 0 bridgehead atoms. The Kier molecular flexibility index (Phi) is 4.63. The zero-order chi connectivity index (χ0) is 15.5. The Morgan fingerprint density at radius 2 is 2.10 bits per heavy atom. The number of benzene rings is 1. The van der Waals surface area contributed by atoms with Crippen LogP contribution >= 0.6 is 0 Å². The van der Waals surface area contributed by atoms with Crippen molar-refractivity contribution < 1.29 is 9.26 Å². The van der Waals surface area contributed by atoms with Crippen molar-refractivity contribution in [3.63, 3.8) is 0 Å². The molecule has 0 aliphatic carbocycles. The Balaban J connectivity index is 2.01. The summed E-state index contributed by atoms with van der Waals surface area (Å²) < 4.78 is 10.6. The van der Waals surface area contributed by atoms with Crippen LogP contribution in [0.2, 0.25) is 0 Å². The van der Waals surface area contributed by atoms with Gasteiger partial charge in [0.2, 0.25) is 5.89 Å². The summed E-state index contributed by atoms with van der Waals surface area (Å²) in [6, 6.07) is 8.13. The molecule has 0 fully saturated rings. The van der Waals surface area contributed by atoms with E-state index in [4.69, 9.17) is 9.26 Å². The van der Waals surface area contributed by atoms with Gasteiger partial charge in [-0.1, -0.05) is 38.1 Å². The molecule has 0 aliphatic heterocycles. The fourth-order valence-corrected chi connectivity index (χ4v) is 1.85. The van der Waals surface area contributed by atoms with Crippen molar-refractivity contribution in [1.29, 1.82) is 0 Å². The van der Waals surface area contributed by atoms with Crippen molar-refractivity contribution in [2.45, 2.75) is 45.8 Å². The lowest BCUT2D eigenvalue weighted by atomic mass is 9.97. The predicted molar refractivity (Wildman–Crippen MR) is 82.2 cm³/mol. The van der Waals surface area contributed by atoms with E-state index in [0.717, 1.165) is 11.3 Å². The summed E-state index contributed by atoms with van der Waals surface area (Å²) in [7, 11) is 1.71. The van der Waals surface area contributed by atoms with Crippen LogP contribution in [0.1, 0.15) is 51.1 Å². The molecule has 21 heavy (non-hydrogen) atoms. The Morgan fingerprint density at radius 1 is 1.33 bits per heavy atom.